The summed E-state index contributed by atoms with van der Waals surface area (Å²) >= 11 is 7.75. The molecule has 160 valence electrons. The summed E-state index contributed by atoms with van der Waals surface area (Å²) in [6.07, 6.45) is 0. The number of carbonyl (C=O) groups is 1. The Bertz CT molecular complexity index is 1320. The van der Waals surface area contributed by atoms with E-state index in [0.29, 0.717) is 28.1 Å². The van der Waals surface area contributed by atoms with Gasteiger partial charge in [0.15, 0.2) is 0 Å². The number of nitrogens with zero attached hydrogens (tertiary/aromatic N) is 3. The van der Waals surface area contributed by atoms with Crippen LogP contribution in [0.15, 0.2) is 76.3 Å². The predicted molar refractivity (Wildman–Crippen MR) is 127 cm³/mol. The third kappa shape index (κ3) is 3.59. The number of urea groups is 1. The summed E-state index contributed by atoms with van der Waals surface area (Å²) in [6, 6.07) is 18.5. The van der Waals surface area contributed by atoms with Crippen LogP contribution in [-0.4, -0.2) is 16.2 Å². The summed E-state index contributed by atoms with van der Waals surface area (Å²) in [6.45, 7) is 3.80. The van der Waals surface area contributed by atoms with Crippen molar-refractivity contribution in [3.63, 3.8) is 0 Å². The van der Waals surface area contributed by atoms with Crippen LogP contribution in [0.4, 0.5) is 10.5 Å². The van der Waals surface area contributed by atoms with Gasteiger partial charge in [0, 0.05) is 10.7 Å². The lowest BCUT2D eigenvalue weighted by atomic mass is 9.94. The van der Waals surface area contributed by atoms with Crippen molar-refractivity contribution in [2.24, 2.45) is 0 Å². The van der Waals surface area contributed by atoms with Crippen LogP contribution in [0.1, 0.15) is 30.0 Å². The zero-order valence-electron chi connectivity index (χ0n) is 17.4. The number of allylic oxidation sites excluding steroid dienone is 1. The summed E-state index contributed by atoms with van der Waals surface area (Å²) in [5.74, 6) is 0.892. The summed E-state index contributed by atoms with van der Waals surface area (Å²) in [7, 11) is 0. The fourth-order valence-electron chi connectivity index (χ4n) is 3.83. The normalized spacial score (nSPS) is 16.4. The largest absolute Gasteiger partial charge is 0.334 e. The number of thiophene rings is 1. The van der Waals surface area contributed by atoms with E-state index >= 15 is 0 Å². The first kappa shape index (κ1) is 20.5. The Labute approximate surface area is 194 Å². The second-order valence-electron chi connectivity index (χ2n) is 7.46. The van der Waals surface area contributed by atoms with E-state index in [4.69, 9.17) is 16.1 Å². The highest BCUT2D eigenvalue weighted by Gasteiger charge is 2.36. The fourth-order valence-corrected chi connectivity index (χ4v) is 4.60. The van der Waals surface area contributed by atoms with E-state index in [9.17, 15) is 4.79 Å². The average molecular weight is 463 g/mol. The van der Waals surface area contributed by atoms with Crippen LogP contribution in [0.5, 0.6) is 0 Å². The molecule has 2 aromatic carbocycles. The zero-order chi connectivity index (χ0) is 22.2. The predicted octanol–water partition coefficient (Wildman–Crippen LogP) is 6.46. The molecular weight excluding hydrogens is 444 g/mol. The number of aryl methyl sites for hydroxylation is 1. The van der Waals surface area contributed by atoms with Crippen molar-refractivity contribution in [1.29, 1.82) is 0 Å². The van der Waals surface area contributed by atoms with Gasteiger partial charge in [-0.2, -0.15) is 4.98 Å². The van der Waals surface area contributed by atoms with E-state index < -0.39 is 6.04 Å². The minimum Gasteiger partial charge on any atom is -0.334 e. The monoisotopic (exact) mass is 462 g/mol. The molecule has 0 radical (unpaired) electrons. The van der Waals surface area contributed by atoms with Gasteiger partial charge in [0.1, 0.15) is 0 Å². The van der Waals surface area contributed by atoms with Crippen LogP contribution in [0.3, 0.4) is 0 Å². The molecule has 1 unspecified atom stereocenters. The number of carbonyl (C=O) groups excluding carboxylic acids is 1. The Morgan fingerprint density at radius 1 is 1.09 bits per heavy atom. The maximum atomic E-state index is 13.2. The number of hydrogen-bond donors (Lipinski definition) is 1. The topological polar surface area (TPSA) is 71.3 Å². The Hall–Kier alpha value is -3.42. The van der Waals surface area contributed by atoms with E-state index in [2.05, 4.69) is 15.5 Å². The molecule has 0 spiro atoms. The highest BCUT2D eigenvalue weighted by Crippen LogP contribution is 2.39. The molecule has 0 fully saturated rings. The number of nitrogens with one attached hydrogen (secondary N) is 1. The standard InChI is InChI=1S/C24H19ClN4O2S/c1-14-13-17(10-11-18(14)25)29-15(2)20(21(26-24(29)30)16-7-4-3-5-8-16)23-27-22(28-31-23)19-9-6-12-32-19/h3-13,21H,1-2H3,(H,26,30). The second kappa shape index (κ2) is 8.26. The van der Waals surface area contributed by atoms with Crippen LogP contribution in [0.25, 0.3) is 16.3 Å². The van der Waals surface area contributed by atoms with Crippen LogP contribution in [0, 0.1) is 6.92 Å². The molecule has 1 aliphatic rings. The Morgan fingerprint density at radius 3 is 2.62 bits per heavy atom. The van der Waals surface area contributed by atoms with Crippen LogP contribution < -0.4 is 10.2 Å². The smallest absolute Gasteiger partial charge is 0.326 e. The van der Waals surface area contributed by atoms with E-state index in [1.54, 1.807) is 22.3 Å². The van der Waals surface area contributed by atoms with E-state index in [1.807, 2.05) is 73.8 Å². The molecule has 3 heterocycles. The van der Waals surface area contributed by atoms with Crippen LogP contribution in [-0.2, 0) is 0 Å². The highest BCUT2D eigenvalue weighted by molar-refractivity contribution is 7.13. The van der Waals surface area contributed by atoms with Gasteiger partial charge in [-0.25, -0.2) is 4.79 Å². The summed E-state index contributed by atoms with van der Waals surface area (Å²) in [5.41, 5.74) is 3.99. The summed E-state index contributed by atoms with van der Waals surface area (Å²) < 4.78 is 5.70. The van der Waals surface area contributed by atoms with Crippen molar-refractivity contribution in [3.8, 4) is 10.7 Å². The Balaban J connectivity index is 1.67. The zero-order valence-corrected chi connectivity index (χ0v) is 18.9. The minimum absolute atomic E-state index is 0.236. The van der Waals surface area contributed by atoms with Crippen molar-refractivity contribution in [2.75, 3.05) is 4.90 Å². The molecule has 0 bridgehead atoms. The molecule has 2 aromatic heterocycles. The van der Waals surface area contributed by atoms with Gasteiger partial charge in [-0.3, -0.25) is 4.90 Å². The van der Waals surface area contributed by atoms with E-state index in [0.717, 1.165) is 21.6 Å². The highest BCUT2D eigenvalue weighted by atomic mass is 35.5. The number of halogens is 1. The maximum absolute atomic E-state index is 13.2. The van der Waals surface area contributed by atoms with Crippen molar-refractivity contribution >= 4 is 40.2 Å². The molecule has 8 heteroatoms. The number of aromatic nitrogens is 2. The molecule has 1 N–H and O–H groups in total. The number of benzene rings is 2. The number of amides is 2. The molecule has 0 aliphatic carbocycles. The number of anilines is 1. The molecule has 32 heavy (non-hydrogen) atoms. The summed E-state index contributed by atoms with van der Waals surface area (Å²) in [5, 5.41) is 9.90. The first-order valence-corrected chi connectivity index (χ1v) is 11.3. The lowest BCUT2D eigenvalue weighted by molar-refractivity contribution is 0.244. The van der Waals surface area contributed by atoms with Crippen molar-refractivity contribution < 1.29 is 9.32 Å². The Morgan fingerprint density at radius 2 is 1.91 bits per heavy atom. The van der Waals surface area contributed by atoms with Gasteiger partial charge in [-0.1, -0.05) is 53.2 Å². The molecule has 0 saturated heterocycles. The molecule has 1 aliphatic heterocycles. The van der Waals surface area contributed by atoms with Gasteiger partial charge in [0.05, 0.1) is 22.2 Å². The van der Waals surface area contributed by atoms with Crippen LogP contribution in [0.2, 0.25) is 5.02 Å². The first-order chi connectivity index (χ1) is 15.5. The van der Waals surface area contributed by atoms with Crippen LogP contribution >= 0.6 is 22.9 Å². The van der Waals surface area contributed by atoms with Gasteiger partial charge < -0.3 is 9.84 Å². The number of rotatable bonds is 4. The molecule has 2 amide bonds. The summed E-state index contributed by atoms with van der Waals surface area (Å²) in [4.78, 5) is 20.4. The lowest BCUT2D eigenvalue weighted by Crippen LogP contribution is -2.46. The quantitative estimate of drug-likeness (QED) is 0.377. The molecule has 6 nitrogen and oxygen atoms in total. The molecule has 5 rings (SSSR count). The van der Waals surface area contributed by atoms with E-state index in [1.165, 1.54) is 0 Å². The SMILES string of the molecule is CC1=C(c2nc(-c3cccs3)no2)C(c2ccccc2)NC(=O)N1c1ccc(Cl)c(C)c1. The van der Waals surface area contributed by atoms with Gasteiger partial charge >= 0.3 is 6.03 Å². The van der Waals surface area contributed by atoms with Crippen molar-refractivity contribution in [1.82, 2.24) is 15.5 Å². The van der Waals surface area contributed by atoms with Gasteiger partial charge in [-0.05, 0) is 54.6 Å². The first-order valence-electron chi connectivity index (χ1n) is 10.0. The minimum atomic E-state index is -0.426. The lowest BCUT2D eigenvalue weighted by Gasteiger charge is -2.35. The average Bonchev–Trinajstić information content (AvgIpc) is 3.48. The molecule has 0 saturated carbocycles. The molecule has 1 atom stereocenters. The second-order valence-corrected chi connectivity index (χ2v) is 8.82. The Kier molecular flexibility index (Phi) is 5.28. The van der Waals surface area contributed by atoms with Crippen molar-refractivity contribution in [3.05, 3.63) is 93.8 Å². The van der Waals surface area contributed by atoms with E-state index in [-0.39, 0.29) is 6.03 Å². The van der Waals surface area contributed by atoms with Gasteiger partial charge in [-0.15, -0.1) is 11.3 Å². The van der Waals surface area contributed by atoms with Gasteiger partial charge in [0.25, 0.3) is 5.89 Å². The molecular formula is C24H19ClN4O2S. The van der Waals surface area contributed by atoms with Crippen molar-refractivity contribution in [2.45, 2.75) is 19.9 Å². The maximum Gasteiger partial charge on any atom is 0.326 e. The van der Waals surface area contributed by atoms with Gasteiger partial charge in [0.2, 0.25) is 5.82 Å². The third-order valence-corrected chi connectivity index (χ3v) is 6.71. The number of hydrogen-bond acceptors (Lipinski definition) is 5. The molecule has 4 aromatic rings. The fraction of sp³-hybridized carbons (Fsp3) is 0.125. The third-order valence-electron chi connectivity index (χ3n) is 5.42.